The number of hydrogen-bond acceptors (Lipinski definition) is 7. The van der Waals surface area contributed by atoms with Gasteiger partial charge in [-0.05, 0) is 32.1 Å². The van der Waals surface area contributed by atoms with Gasteiger partial charge in [-0.1, -0.05) is 109 Å². The van der Waals surface area contributed by atoms with E-state index in [1.54, 1.807) is 6.08 Å². The number of carbonyl (C=O) groups excluding carboxylic acids is 1. The first-order chi connectivity index (χ1) is 19.3. The third-order valence-corrected chi connectivity index (χ3v) is 8.08. The summed E-state index contributed by atoms with van der Waals surface area (Å²) >= 11 is 0. The summed E-state index contributed by atoms with van der Waals surface area (Å²) in [7, 11) is 0. The summed E-state index contributed by atoms with van der Waals surface area (Å²) in [6.45, 7) is 3.88. The molecule has 6 N–H and O–H groups in total. The van der Waals surface area contributed by atoms with Crippen LogP contribution in [0.15, 0.2) is 12.2 Å². The summed E-state index contributed by atoms with van der Waals surface area (Å²) in [6.07, 6.45) is 16.8. The molecule has 2 unspecified atom stereocenters. The molecular weight excluding hydrogens is 510 g/mol. The van der Waals surface area contributed by atoms with Gasteiger partial charge in [0.1, 0.15) is 24.4 Å². The van der Waals surface area contributed by atoms with E-state index in [1.165, 1.54) is 64.2 Å². The van der Waals surface area contributed by atoms with Crippen LogP contribution in [-0.2, 0) is 9.53 Å². The Kier molecular flexibility index (Phi) is 21.8. The fraction of sp³-hybridized carbons (Fsp3) is 0.906. The Morgan fingerprint density at radius 2 is 1.30 bits per heavy atom. The number of amides is 1. The van der Waals surface area contributed by atoms with Gasteiger partial charge in [0.25, 0.3) is 0 Å². The molecular formula is C32H61NO7. The van der Waals surface area contributed by atoms with Gasteiger partial charge in [0.05, 0.1) is 24.9 Å². The van der Waals surface area contributed by atoms with Crippen LogP contribution in [0.2, 0.25) is 0 Å². The molecule has 1 aliphatic heterocycles. The summed E-state index contributed by atoms with van der Waals surface area (Å²) < 4.78 is 5.62. The second-order valence-corrected chi connectivity index (χ2v) is 11.7. The van der Waals surface area contributed by atoms with E-state index in [0.717, 1.165) is 38.5 Å². The van der Waals surface area contributed by atoms with Crippen LogP contribution < -0.4 is 5.32 Å². The van der Waals surface area contributed by atoms with Gasteiger partial charge in [-0.2, -0.15) is 0 Å². The van der Waals surface area contributed by atoms with Crippen molar-refractivity contribution in [2.75, 3.05) is 6.61 Å². The Hall–Kier alpha value is -1.03. The lowest BCUT2D eigenvalue weighted by atomic mass is 9.91. The lowest BCUT2D eigenvalue weighted by Crippen LogP contribution is -2.58. The SMILES string of the molecule is CCCCCCCCCCCCC/C=C/C(O)C(CC[C@H]1O[C@@H](CO)[C@@H](O)[C@@H](O)[C@@H]1O)NC(=O)CCCCCC. The van der Waals surface area contributed by atoms with Crippen molar-refractivity contribution in [1.82, 2.24) is 5.32 Å². The van der Waals surface area contributed by atoms with Crippen molar-refractivity contribution in [1.29, 1.82) is 0 Å². The Labute approximate surface area is 243 Å². The van der Waals surface area contributed by atoms with Crippen molar-refractivity contribution in [2.24, 2.45) is 0 Å². The van der Waals surface area contributed by atoms with E-state index in [-0.39, 0.29) is 12.3 Å². The second kappa shape index (κ2) is 23.5. The second-order valence-electron chi connectivity index (χ2n) is 11.7. The van der Waals surface area contributed by atoms with Crippen LogP contribution in [0.4, 0.5) is 0 Å². The van der Waals surface area contributed by atoms with E-state index in [0.29, 0.717) is 12.8 Å². The Morgan fingerprint density at radius 3 is 1.88 bits per heavy atom. The zero-order valence-electron chi connectivity index (χ0n) is 25.4. The largest absolute Gasteiger partial charge is 0.394 e. The predicted molar refractivity (Wildman–Crippen MR) is 160 cm³/mol. The molecule has 0 radical (unpaired) electrons. The quantitative estimate of drug-likeness (QED) is 0.0730. The molecule has 0 bridgehead atoms. The fourth-order valence-electron chi connectivity index (χ4n) is 5.38. The lowest BCUT2D eigenvalue weighted by Gasteiger charge is -2.40. The van der Waals surface area contributed by atoms with E-state index in [1.807, 2.05) is 6.08 Å². The summed E-state index contributed by atoms with van der Waals surface area (Å²) in [4.78, 5) is 12.6. The molecule has 1 rings (SSSR count). The van der Waals surface area contributed by atoms with Crippen molar-refractivity contribution in [2.45, 2.75) is 179 Å². The lowest BCUT2D eigenvalue weighted by molar-refractivity contribution is -0.230. The summed E-state index contributed by atoms with van der Waals surface area (Å²) in [5.74, 6) is -0.118. The fourth-order valence-corrected chi connectivity index (χ4v) is 5.38. The Balaban J connectivity index is 2.49. The summed E-state index contributed by atoms with van der Waals surface area (Å²) in [5.41, 5.74) is 0. The third kappa shape index (κ3) is 15.8. The molecule has 0 aromatic carbocycles. The Morgan fingerprint density at radius 1 is 0.775 bits per heavy atom. The van der Waals surface area contributed by atoms with Crippen LogP contribution in [0.5, 0.6) is 0 Å². The smallest absolute Gasteiger partial charge is 0.220 e. The van der Waals surface area contributed by atoms with Gasteiger partial charge >= 0.3 is 0 Å². The molecule has 0 aromatic rings. The van der Waals surface area contributed by atoms with E-state index in [2.05, 4.69) is 19.2 Å². The van der Waals surface area contributed by atoms with Crippen molar-refractivity contribution < 1.29 is 35.1 Å². The average molecular weight is 572 g/mol. The van der Waals surface area contributed by atoms with Gasteiger partial charge in [-0.15, -0.1) is 0 Å². The number of aliphatic hydroxyl groups is 5. The molecule has 8 heteroatoms. The molecule has 7 atom stereocenters. The predicted octanol–water partition coefficient (Wildman–Crippen LogP) is 4.68. The monoisotopic (exact) mass is 571 g/mol. The first-order valence-electron chi connectivity index (χ1n) is 16.3. The molecule has 1 fully saturated rings. The number of aliphatic hydroxyl groups excluding tert-OH is 5. The molecule has 1 heterocycles. The van der Waals surface area contributed by atoms with E-state index >= 15 is 0 Å². The average Bonchev–Trinajstić information content (AvgIpc) is 2.95. The molecule has 0 aliphatic carbocycles. The first kappa shape index (κ1) is 37.0. The standard InChI is InChI=1S/C32H61NO7/c1-3-5-7-9-10-11-12-13-14-15-16-17-18-20-26(35)25(33-29(36)21-19-8-6-4-2)22-23-27-30(37)32(39)31(38)28(24-34)40-27/h18,20,25-28,30-32,34-35,37-39H,3-17,19,21-24H2,1-2H3,(H,33,36)/b20-18+/t25?,26?,27-,28+,30-,31-,32+/m1/s1. The summed E-state index contributed by atoms with van der Waals surface area (Å²) in [5, 5.41) is 53.8. The first-order valence-corrected chi connectivity index (χ1v) is 16.3. The van der Waals surface area contributed by atoms with E-state index in [9.17, 15) is 30.3 Å². The third-order valence-electron chi connectivity index (χ3n) is 8.08. The molecule has 1 amide bonds. The van der Waals surface area contributed by atoms with Crippen LogP contribution in [0.3, 0.4) is 0 Å². The van der Waals surface area contributed by atoms with Crippen LogP contribution in [0, 0.1) is 0 Å². The molecule has 1 aliphatic rings. The maximum absolute atomic E-state index is 12.6. The summed E-state index contributed by atoms with van der Waals surface area (Å²) in [6, 6.07) is -0.570. The van der Waals surface area contributed by atoms with Crippen LogP contribution in [0.1, 0.15) is 136 Å². The van der Waals surface area contributed by atoms with Gasteiger partial charge < -0.3 is 35.6 Å². The highest BCUT2D eigenvalue weighted by atomic mass is 16.5. The minimum Gasteiger partial charge on any atom is -0.394 e. The van der Waals surface area contributed by atoms with Gasteiger partial charge in [0.15, 0.2) is 0 Å². The number of carbonyl (C=O) groups is 1. The highest BCUT2D eigenvalue weighted by Crippen LogP contribution is 2.25. The minimum atomic E-state index is -1.43. The number of rotatable bonds is 24. The van der Waals surface area contributed by atoms with Crippen LogP contribution in [0.25, 0.3) is 0 Å². The van der Waals surface area contributed by atoms with Crippen LogP contribution >= 0.6 is 0 Å². The Bertz CT molecular complexity index is 645. The highest BCUT2D eigenvalue weighted by molar-refractivity contribution is 5.76. The highest BCUT2D eigenvalue weighted by Gasteiger charge is 2.43. The van der Waals surface area contributed by atoms with E-state index < -0.39 is 49.3 Å². The van der Waals surface area contributed by atoms with Gasteiger partial charge in [-0.3, -0.25) is 4.79 Å². The maximum Gasteiger partial charge on any atom is 0.220 e. The van der Waals surface area contributed by atoms with E-state index in [4.69, 9.17) is 4.74 Å². The molecule has 8 nitrogen and oxygen atoms in total. The topological polar surface area (TPSA) is 139 Å². The van der Waals surface area contributed by atoms with Gasteiger partial charge in [0.2, 0.25) is 5.91 Å². The molecule has 0 saturated carbocycles. The number of unbranched alkanes of at least 4 members (excludes halogenated alkanes) is 14. The zero-order chi connectivity index (χ0) is 29.6. The molecule has 0 aromatic heterocycles. The zero-order valence-corrected chi connectivity index (χ0v) is 25.4. The minimum absolute atomic E-state index is 0.118. The molecule has 0 spiro atoms. The number of nitrogens with one attached hydrogen (secondary N) is 1. The van der Waals surface area contributed by atoms with Gasteiger partial charge in [-0.25, -0.2) is 0 Å². The molecule has 40 heavy (non-hydrogen) atoms. The number of allylic oxidation sites excluding steroid dienone is 1. The molecule has 1 saturated heterocycles. The van der Waals surface area contributed by atoms with Gasteiger partial charge in [0, 0.05) is 6.42 Å². The molecule has 236 valence electrons. The van der Waals surface area contributed by atoms with Crippen molar-refractivity contribution in [3.63, 3.8) is 0 Å². The maximum atomic E-state index is 12.6. The number of hydrogen-bond donors (Lipinski definition) is 6. The number of ether oxygens (including phenoxy) is 1. The van der Waals surface area contributed by atoms with Crippen LogP contribution in [-0.4, -0.2) is 80.7 Å². The van der Waals surface area contributed by atoms with Crippen molar-refractivity contribution in [3.8, 4) is 0 Å². The van der Waals surface area contributed by atoms with Crippen molar-refractivity contribution >= 4 is 5.91 Å². The van der Waals surface area contributed by atoms with Crippen molar-refractivity contribution in [3.05, 3.63) is 12.2 Å². The normalized spacial score (nSPS) is 24.8.